The Kier molecular flexibility index (Phi) is 4.30. The van der Waals surface area contributed by atoms with Crippen LogP contribution in [0.3, 0.4) is 0 Å². The van der Waals surface area contributed by atoms with Gasteiger partial charge in [-0.05, 0) is 48.9 Å². The number of hydrogen-bond donors (Lipinski definition) is 0. The van der Waals surface area contributed by atoms with Gasteiger partial charge in [-0.15, -0.1) is 0 Å². The maximum absolute atomic E-state index is 13.4. The monoisotopic (exact) mass is 369 g/mol. The smallest absolute Gasteiger partial charge is 0.268 e. The molecule has 1 unspecified atom stereocenters. The van der Waals surface area contributed by atoms with Gasteiger partial charge in [0.1, 0.15) is 6.07 Å². The summed E-state index contributed by atoms with van der Waals surface area (Å²) >= 11 is 0. The minimum absolute atomic E-state index is 0.221. The number of pyridine rings is 2. The third-order valence-corrected chi connectivity index (χ3v) is 4.69. The van der Waals surface area contributed by atoms with Gasteiger partial charge in [-0.25, -0.2) is 14.3 Å². The van der Waals surface area contributed by atoms with Gasteiger partial charge >= 0.3 is 5.69 Å². The predicted molar refractivity (Wildman–Crippen MR) is 104 cm³/mol. The van der Waals surface area contributed by atoms with E-state index in [1.165, 1.54) is 15.3 Å². The van der Waals surface area contributed by atoms with Crippen LogP contribution in [0.5, 0.6) is 0 Å². The van der Waals surface area contributed by atoms with Gasteiger partial charge < -0.3 is 0 Å². The van der Waals surface area contributed by atoms with Crippen LogP contribution in [0, 0.1) is 11.3 Å². The Morgan fingerprint density at radius 2 is 1.75 bits per heavy atom. The van der Waals surface area contributed by atoms with Crippen molar-refractivity contribution in [1.82, 2.24) is 19.1 Å². The van der Waals surface area contributed by atoms with Crippen molar-refractivity contribution in [3.8, 4) is 11.8 Å². The summed E-state index contributed by atoms with van der Waals surface area (Å²) < 4.78 is 2.51. The molecular weight excluding hydrogens is 354 g/mol. The van der Waals surface area contributed by atoms with Crippen molar-refractivity contribution in [2.75, 3.05) is 0 Å². The van der Waals surface area contributed by atoms with Crippen LogP contribution in [0.1, 0.15) is 24.1 Å². The van der Waals surface area contributed by atoms with Gasteiger partial charge in [-0.3, -0.25) is 14.3 Å². The molecule has 0 aliphatic carbocycles. The van der Waals surface area contributed by atoms with Crippen LogP contribution in [0.15, 0.2) is 76.7 Å². The minimum Gasteiger partial charge on any atom is -0.268 e. The minimum atomic E-state index is -0.553. The zero-order valence-electron chi connectivity index (χ0n) is 15.0. The van der Waals surface area contributed by atoms with Crippen molar-refractivity contribution in [1.29, 1.82) is 5.26 Å². The van der Waals surface area contributed by atoms with E-state index in [9.17, 15) is 14.9 Å². The second kappa shape index (κ2) is 6.93. The first kappa shape index (κ1) is 17.4. The van der Waals surface area contributed by atoms with Gasteiger partial charge in [0, 0.05) is 18.6 Å². The van der Waals surface area contributed by atoms with Crippen molar-refractivity contribution in [2.24, 2.45) is 0 Å². The molecule has 4 rings (SSSR count). The lowest BCUT2D eigenvalue weighted by Gasteiger charge is -2.18. The van der Waals surface area contributed by atoms with Crippen LogP contribution < -0.4 is 11.2 Å². The van der Waals surface area contributed by atoms with Gasteiger partial charge in [0.25, 0.3) is 5.56 Å². The standard InChI is InChI=1S/C21H15N5O2/c1-14(15-8-11-23-12-9-15)25-20(27)17-6-4-10-24-19(17)26(21(25)28)18-7-3-2-5-16(18)13-22/h2-12,14H,1H3. The number of hydrogen-bond acceptors (Lipinski definition) is 5. The number of benzene rings is 1. The summed E-state index contributed by atoms with van der Waals surface area (Å²) in [6.07, 6.45) is 4.75. The highest BCUT2D eigenvalue weighted by Crippen LogP contribution is 2.18. The molecule has 0 amide bonds. The average molecular weight is 369 g/mol. The fourth-order valence-corrected chi connectivity index (χ4v) is 3.27. The highest BCUT2D eigenvalue weighted by atomic mass is 16.2. The van der Waals surface area contributed by atoms with Gasteiger partial charge in [-0.1, -0.05) is 12.1 Å². The van der Waals surface area contributed by atoms with E-state index < -0.39 is 17.3 Å². The van der Waals surface area contributed by atoms with Gasteiger partial charge in [0.15, 0.2) is 5.65 Å². The van der Waals surface area contributed by atoms with Crippen molar-refractivity contribution >= 4 is 11.0 Å². The van der Waals surface area contributed by atoms with Crippen molar-refractivity contribution in [2.45, 2.75) is 13.0 Å². The number of nitrogens with zero attached hydrogens (tertiary/aromatic N) is 5. The number of fused-ring (bicyclic) bond motifs is 1. The summed E-state index contributed by atoms with van der Waals surface area (Å²) in [5.74, 6) is 0. The van der Waals surface area contributed by atoms with E-state index in [2.05, 4.69) is 16.0 Å². The molecule has 0 aliphatic rings. The predicted octanol–water partition coefficient (Wildman–Crippen LogP) is 2.42. The first-order valence-corrected chi connectivity index (χ1v) is 8.65. The van der Waals surface area contributed by atoms with E-state index in [4.69, 9.17) is 0 Å². The van der Waals surface area contributed by atoms with Crippen LogP contribution in [0.4, 0.5) is 0 Å². The van der Waals surface area contributed by atoms with Crippen LogP contribution in [0.2, 0.25) is 0 Å². The molecule has 28 heavy (non-hydrogen) atoms. The fraction of sp³-hybridized carbons (Fsp3) is 0.0952. The SMILES string of the molecule is CC(c1ccncc1)n1c(=O)c2cccnc2n(-c2ccccc2C#N)c1=O. The molecule has 1 aromatic carbocycles. The third-order valence-electron chi connectivity index (χ3n) is 4.69. The largest absolute Gasteiger partial charge is 0.337 e. The second-order valence-corrected chi connectivity index (χ2v) is 6.25. The van der Waals surface area contributed by atoms with Gasteiger partial charge in [0.2, 0.25) is 0 Å². The molecule has 0 saturated heterocycles. The number of nitriles is 1. The molecular formula is C21H15N5O2. The maximum atomic E-state index is 13.4. The summed E-state index contributed by atoms with van der Waals surface area (Å²) in [6, 6.07) is 15.1. The van der Waals surface area contributed by atoms with E-state index in [-0.39, 0.29) is 5.65 Å². The molecule has 0 saturated carbocycles. The molecule has 0 fully saturated rings. The van der Waals surface area contributed by atoms with Crippen LogP contribution >= 0.6 is 0 Å². The highest BCUT2D eigenvalue weighted by Gasteiger charge is 2.21. The molecule has 7 heteroatoms. The summed E-state index contributed by atoms with van der Waals surface area (Å²) in [4.78, 5) is 34.8. The lowest BCUT2D eigenvalue weighted by atomic mass is 10.1. The molecule has 0 aliphatic heterocycles. The third kappa shape index (κ3) is 2.68. The second-order valence-electron chi connectivity index (χ2n) is 6.25. The lowest BCUT2D eigenvalue weighted by molar-refractivity contribution is 0.571. The number of rotatable bonds is 3. The van der Waals surface area contributed by atoms with E-state index in [1.807, 2.05) is 0 Å². The average Bonchev–Trinajstić information content (AvgIpc) is 2.75. The normalized spacial score (nSPS) is 11.9. The quantitative estimate of drug-likeness (QED) is 0.553. The Morgan fingerprint density at radius 1 is 1.00 bits per heavy atom. The highest BCUT2D eigenvalue weighted by molar-refractivity contribution is 5.76. The molecule has 0 spiro atoms. The Balaban J connectivity index is 2.13. The van der Waals surface area contributed by atoms with Crippen molar-refractivity contribution in [3.05, 3.63) is 99.1 Å². The van der Waals surface area contributed by atoms with E-state index in [0.29, 0.717) is 16.6 Å². The Bertz CT molecular complexity index is 1330. The van der Waals surface area contributed by atoms with E-state index in [1.54, 1.807) is 67.8 Å². The zero-order valence-corrected chi connectivity index (χ0v) is 15.0. The molecule has 0 N–H and O–H groups in total. The van der Waals surface area contributed by atoms with Crippen LogP contribution in [-0.4, -0.2) is 19.1 Å². The Hall–Kier alpha value is -4.05. The summed E-state index contributed by atoms with van der Waals surface area (Å²) in [6.45, 7) is 1.78. The summed E-state index contributed by atoms with van der Waals surface area (Å²) in [5.41, 5.74) is 0.718. The molecule has 0 bridgehead atoms. The van der Waals surface area contributed by atoms with Crippen molar-refractivity contribution in [3.63, 3.8) is 0 Å². The zero-order chi connectivity index (χ0) is 19.7. The molecule has 0 radical (unpaired) electrons. The Morgan fingerprint density at radius 3 is 2.50 bits per heavy atom. The summed E-state index contributed by atoms with van der Waals surface area (Å²) in [5, 5.41) is 9.79. The van der Waals surface area contributed by atoms with Crippen molar-refractivity contribution < 1.29 is 0 Å². The molecule has 4 aromatic rings. The summed E-state index contributed by atoms with van der Waals surface area (Å²) in [7, 11) is 0. The first-order valence-electron chi connectivity index (χ1n) is 8.65. The molecule has 136 valence electrons. The first-order chi connectivity index (χ1) is 13.6. The van der Waals surface area contributed by atoms with E-state index >= 15 is 0 Å². The number of para-hydroxylation sites is 1. The molecule has 7 nitrogen and oxygen atoms in total. The molecule has 1 atom stereocenters. The van der Waals surface area contributed by atoms with E-state index in [0.717, 1.165) is 5.56 Å². The maximum Gasteiger partial charge on any atom is 0.337 e. The van der Waals surface area contributed by atoms with Crippen LogP contribution in [-0.2, 0) is 0 Å². The molecule has 3 heterocycles. The van der Waals surface area contributed by atoms with Crippen LogP contribution in [0.25, 0.3) is 16.7 Å². The number of aromatic nitrogens is 4. The topological polar surface area (TPSA) is 93.6 Å². The molecule has 3 aromatic heterocycles. The fourth-order valence-electron chi connectivity index (χ4n) is 3.27. The Labute approximate surface area is 159 Å². The van der Waals surface area contributed by atoms with Gasteiger partial charge in [0.05, 0.1) is 22.7 Å². The van der Waals surface area contributed by atoms with Gasteiger partial charge in [-0.2, -0.15) is 5.26 Å². The lowest BCUT2D eigenvalue weighted by Crippen LogP contribution is -2.42.